The molecule has 2 aromatic carbocycles. The van der Waals surface area contributed by atoms with E-state index in [2.05, 4.69) is 0 Å². The lowest BCUT2D eigenvalue weighted by Gasteiger charge is -2.36. The minimum Gasteiger partial charge on any atom is -0.394 e. The molecule has 0 aliphatic rings. The molecule has 2 rings (SSSR count). The van der Waals surface area contributed by atoms with E-state index in [1.807, 2.05) is 24.3 Å². The largest absolute Gasteiger partial charge is 0.394 e. The van der Waals surface area contributed by atoms with E-state index in [0.29, 0.717) is 5.56 Å². The minimum atomic E-state index is -1.87. The van der Waals surface area contributed by atoms with Crippen molar-refractivity contribution in [3.05, 3.63) is 71.8 Å². The zero-order chi connectivity index (χ0) is 16.9. The Morgan fingerprint density at radius 2 is 1.48 bits per heavy atom. The predicted molar refractivity (Wildman–Crippen MR) is 92.3 cm³/mol. The molecule has 0 fully saturated rings. The summed E-state index contributed by atoms with van der Waals surface area (Å²) in [5.41, 5.74) is -0.525. The quantitative estimate of drug-likeness (QED) is 0.451. The first-order valence-electron chi connectivity index (χ1n) is 7.32. The monoisotopic (exact) mass is 332 g/mol. The SMILES string of the molecule is OC[C@@H](O)[C@H](O)[C@](O)(Cc1ccccc1)C(=S)c1ccccc1. The summed E-state index contributed by atoms with van der Waals surface area (Å²) in [7, 11) is 0. The van der Waals surface area contributed by atoms with E-state index in [9.17, 15) is 15.3 Å². The van der Waals surface area contributed by atoms with Crippen LogP contribution in [-0.2, 0) is 6.42 Å². The van der Waals surface area contributed by atoms with Crippen LogP contribution in [0.1, 0.15) is 11.1 Å². The van der Waals surface area contributed by atoms with Crippen molar-refractivity contribution in [3.8, 4) is 0 Å². The Bertz CT molecular complexity index is 632. The second-order valence-electron chi connectivity index (χ2n) is 5.48. The molecule has 2 aromatic rings. The van der Waals surface area contributed by atoms with Crippen LogP contribution >= 0.6 is 12.2 Å². The van der Waals surface area contributed by atoms with Gasteiger partial charge in [-0.1, -0.05) is 72.9 Å². The van der Waals surface area contributed by atoms with Crippen LogP contribution < -0.4 is 0 Å². The third-order valence-corrected chi connectivity index (χ3v) is 4.38. The van der Waals surface area contributed by atoms with Gasteiger partial charge in [0.15, 0.2) is 0 Å². The van der Waals surface area contributed by atoms with Gasteiger partial charge in [-0.05, 0) is 11.1 Å². The molecule has 4 N–H and O–H groups in total. The zero-order valence-electron chi connectivity index (χ0n) is 12.5. The van der Waals surface area contributed by atoms with Crippen LogP contribution in [0.3, 0.4) is 0 Å². The second-order valence-corrected chi connectivity index (χ2v) is 5.88. The Balaban J connectivity index is 2.40. The summed E-state index contributed by atoms with van der Waals surface area (Å²) < 4.78 is 0. The molecule has 0 amide bonds. The van der Waals surface area contributed by atoms with Crippen molar-refractivity contribution in [2.24, 2.45) is 0 Å². The summed E-state index contributed by atoms with van der Waals surface area (Å²) in [6.45, 7) is -0.671. The highest BCUT2D eigenvalue weighted by Crippen LogP contribution is 2.26. The van der Waals surface area contributed by atoms with Crippen LogP contribution in [-0.4, -0.2) is 49.7 Å². The average Bonchev–Trinajstić information content (AvgIpc) is 2.61. The molecule has 0 aliphatic heterocycles. The molecule has 0 heterocycles. The Kier molecular flexibility index (Phi) is 5.98. The lowest BCUT2D eigenvalue weighted by molar-refractivity contribution is -0.100. The number of aliphatic hydroxyl groups excluding tert-OH is 3. The number of rotatable bonds is 7. The van der Waals surface area contributed by atoms with Gasteiger partial charge in [0.2, 0.25) is 0 Å². The molecule has 23 heavy (non-hydrogen) atoms. The summed E-state index contributed by atoms with van der Waals surface area (Å²) in [6.07, 6.45) is -3.08. The van der Waals surface area contributed by atoms with E-state index in [1.54, 1.807) is 36.4 Å². The maximum absolute atomic E-state index is 11.1. The van der Waals surface area contributed by atoms with Crippen molar-refractivity contribution in [1.82, 2.24) is 0 Å². The van der Waals surface area contributed by atoms with Crippen molar-refractivity contribution in [2.45, 2.75) is 24.2 Å². The molecule has 122 valence electrons. The molecule has 0 aliphatic carbocycles. The molecular weight excluding hydrogens is 312 g/mol. The van der Waals surface area contributed by atoms with Gasteiger partial charge in [0, 0.05) is 6.42 Å². The van der Waals surface area contributed by atoms with Crippen LogP contribution in [0.25, 0.3) is 0 Å². The fourth-order valence-electron chi connectivity index (χ4n) is 2.48. The maximum atomic E-state index is 11.1. The van der Waals surface area contributed by atoms with E-state index in [1.165, 1.54) is 0 Å². The first kappa shape index (κ1) is 17.7. The van der Waals surface area contributed by atoms with E-state index in [4.69, 9.17) is 17.3 Å². The average molecular weight is 332 g/mol. The van der Waals surface area contributed by atoms with Crippen LogP contribution in [0.5, 0.6) is 0 Å². The van der Waals surface area contributed by atoms with Gasteiger partial charge in [-0.15, -0.1) is 0 Å². The molecule has 0 saturated heterocycles. The Labute approximate surface area is 140 Å². The van der Waals surface area contributed by atoms with Gasteiger partial charge in [0.05, 0.1) is 11.5 Å². The van der Waals surface area contributed by atoms with Gasteiger partial charge in [-0.3, -0.25) is 0 Å². The van der Waals surface area contributed by atoms with Crippen LogP contribution in [0, 0.1) is 0 Å². The molecule has 4 nitrogen and oxygen atoms in total. The van der Waals surface area contributed by atoms with Gasteiger partial charge >= 0.3 is 0 Å². The maximum Gasteiger partial charge on any atom is 0.132 e. The summed E-state index contributed by atoms with van der Waals surface area (Å²) in [6, 6.07) is 17.9. The van der Waals surface area contributed by atoms with E-state index in [-0.39, 0.29) is 11.3 Å². The van der Waals surface area contributed by atoms with Gasteiger partial charge in [-0.25, -0.2) is 0 Å². The molecule has 0 spiro atoms. The number of hydrogen-bond donors (Lipinski definition) is 4. The van der Waals surface area contributed by atoms with Crippen LogP contribution in [0.4, 0.5) is 0 Å². The van der Waals surface area contributed by atoms with Crippen LogP contribution in [0.2, 0.25) is 0 Å². The number of benzene rings is 2. The summed E-state index contributed by atoms with van der Waals surface area (Å²) >= 11 is 5.40. The second kappa shape index (κ2) is 7.77. The standard InChI is InChI=1S/C18H20O4S/c19-12-15(20)16(21)18(22,11-13-7-3-1-4-8-13)17(23)14-9-5-2-6-10-14/h1-10,15-16,19-22H,11-12H2/t15-,16+,18-/m1/s1. The molecular formula is C18H20O4S. The normalized spacial score (nSPS) is 16.3. The number of hydrogen-bond acceptors (Lipinski definition) is 5. The fraction of sp³-hybridized carbons (Fsp3) is 0.278. The van der Waals surface area contributed by atoms with Crippen molar-refractivity contribution < 1.29 is 20.4 Å². The number of thiocarbonyl (C=S) groups is 1. The summed E-state index contributed by atoms with van der Waals surface area (Å²) in [5, 5.41) is 40.4. The molecule has 0 radical (unpaired) electrons. The van der Waals surface area contributed by atoms with Crippen molar-refractivity contribution in [1.29, 1.82) is 0 Å². The van der Waals surface area contributed by atoms with Gasteiger partial charge in [0.1, 0.15) is 17.8 Å². The first-order chi connectivity index (χ1) is 11.0. The third kappa shape index (κ3) is 4.02. The molecule has 3 atom stereocenters. The Hall–Kier alpha value is -1.63. The summed E-state index contributed by atoms with van der Waals surface area (Å²) in [4.78, 5) is 0.127. The molecule has 0 aromatic heterocycles. The molecule has 5 heteroatoms. The lowest BCUT2D eigenvalue weighted by Crippen LogP contribution is -2.56. The zero-order valence-corrected chi connectivity index (χ0v) is 13.4. The smallest absolute Gasteiger partial charge is 0.132 e. The van der Waals surface area contributed by atoms with E-state index < -0.39 is 24.4 Å². The minimum absolute atomic E-state index is 0.0276. The topological polar surface area (TPSA) is 80.9 Å². The first-order valence-corrected chi connectivity index (χ1v) is 7.73. The highest BCUT2D eigenvalue weighted by molar-refractivity contribution is 7.81. The van der Waals surface area contributed by atoms with Gasteiger partial charge < -0.3 is 20.4 Å². The third-order valence-electron chi connectivity index (χ3n) is 3.79. The van der Waals surface area contributed by atoms with Crippen LogP contribution in [0.15, 0.2) is 60.7 Å². The van der Waals surface area contributed by atoms with Crippen molar-refractivity contribution in [3.63, 3.8) is 0 Å². The van der Waals surface area contributed by atoms with E-state index >= 15 is 0 Å². The van der Waals surface area contributed by atoms with Gasteiger partial charge in [0.25, 0.3) is 0 Å². The summed E-state index contributed by atoms with van der Waals surface area (Å²) in [5.74, 6) is 0. The molecule has 0 unspecified atom stereocenters. The molecule has 0 bridgehead atoms. The van der Waals surface area contributed by atoms with E-state index in [0.717, 1.165) is 5.56 Å². The van der Waals surface area contributed by atoms with Crippen molar-refractivity contribution in [2.75, 3.05) is 6.61 Å². The van der Waals surface area contributed by atoms with Gasteiger partial charge in [-0.2, -0.15) is 0 Å². The molecule has 0 saturated carbocycles. The Morgan fingerprint density at radius 1 is 0.957 bits per heavy atom. The Morgan fingerprint density at radius 3 is 2.00 bits per heavy atom. The highest BCUT2D eigenvalue weighted by Gasteiger charge is 2.43. The highest BCUT2D eigenvalue weighted by atomic mass is 32.1. The fourth-order valence-corrected chi connectivity index (χ4v) is 2.81. The van der Waals surface area contributed by atoms with Crippen molar-refractivity contribution >= 4 is 17.1 Å². The predicted octanol–water partition coefficient (Wildman–Crippen LogP) is 1.09. The lowest BCUT2D eigenvalue weighted by atomic mass is 9.81. The number of aliphatic hydroxyl groups is 4.